The molecule has 1 amide bonds. The number of nitrogens with zero attached hydrogens (tertiary/aromatic N) is 2. The lowest BCUT2D eigenvalue weighted by atomic mass is 9.89. The maximum Gasteiger partial charge on any atom is 0.263 e. The smallest absolute Gasteiger partial charge is 0.263 e. The van der Waals surface area contributed by atoms with Crippen LogP contribution in [0.25, 0.3) is 21.3 Å². The quantitative estimate of drug-likeness (QED) is 0.461. The van der Waals surface area contributed by atoms with Gasteiger partial charge in [0.2, 0.25) is 5.91 Å². The monoisotopic (exact) mass is 443 g/mol. The standard InChI is InChI=1S/C26H25N3O2S/c1-2-17-7-11-21(12-8-17)28-23(30)14-29-16-27-25-24(26(29)31)22(15-32-25)20-10-9-18-5-3-4-6-19(18)13-20/h7-13,15-16H,2-6,14H2,1H3,(H,28,30). The first-order valence-corrected chi connectivity index (χ1v) is 12.0. The van der Waals surface area contributed by atoms with Crippen molar-refractivity contribution in [2.24, 2.45) is 0 Å². The third-order valence-electron chi connectivity index (χ3n) is 6.18. The molecule has 0 bridgehead atoms. The van der Waals surface area contributed by atoms with Crippen molar-refractivity contribution in [1.29, 1.82) is 0 Å². The van der Waals surface area contributed by atoms with Gasteiger partial charge in [0.15, 0.2) is 0 Å². The van der Waals surface area contributed by atoms with Crippen molar-refractivity contribution in [1.82, 2.24) is 9.55 Å². The molecule has 0 unspecified atom stereocenters. The number of aryl methyl sites for hydroxylation is 3. The summed E-state index contributed by atoms with van der Waals surface area (Å²) in [6.45, 7) is 2.02. The number of carbonyl (C=O) groups excluding carboxylic acids is 1. The van der Waals surface area contributed by atoms with Gasteiger partial charge in [0.05, 0.1) is 11.7 Å². The minimum atomic E-state index is -0.247. The third-order valence-corrected chi connectivity index (χ3v) is 7.07. The summed E-state index contributed by atoms with van der Waals surface area (Å²) in [6.07, 6.45) is 7.09. The lowest BCUT2D eigenvalue weighted by molar-refractivity contribution is -0.116. The Labute approximate surface area is 190 Å². The second kappa shape index (κ2) is 8.71. The SMILES string of the molecule is CCc1ccc(NC(=O)Cn2cnc3scc(-c4ccc5c(c4)CCCC5)c3c2=O)cc1. The number of hydrogen-bond donors (Lipinski definition) is 1. The normalized spacial score (nSPS) is 13.2. The molecule has 32 heavy (non-hydrogen) atoms. The summed E-state index contributed by atoms with van der Waals surface area (Å²) in [5.74, 6) is -0.247. The van der Waals surface area contributed by atoms with E-state index in [1.807, 2.05) is 29.6 Å². The maximum atomic E-state index is 13.3. The molecule has 1 aliphatic carbocycles. The minimum absolute atomic E-state index is 0.0726. The average Bonchev–Trinajstić information content (AvgIpc) is 3.26. The van der Waals surface area contributed by atoms with Crippen LogP contribution in [0, 0.1) is 0 Å². The number of hydrogen-bond acceptors (Lipinski definition) is 4. The average molecular weight is 444 g/mol. The van der Waals surface area contributed by atoms with Crippen LogP contribution in [0.3, 0.4) is 0 Å². The fourth-order valence-electron chi connectivity index (χ4n) is 4.37. The van der Waals surface area contributed by atoms with E-state index in [0.29, 0.717) is 10.2 Å². The predicted molar refractivity (Wildman–Crippen MR) is 130 cm³/mol. The first-order valence-electron chi connectivity index (χ1n) is 11.1. The van der Waals surface area contributed by atoms with E-state index >= 15 is 0 Å². The zero-order valence-corrected chi connectivity index (χ0v) is 18.9. The van der Waals surface area contributed by atoms with Crippen LogP contribution >= 0.6 is 11.3 Å². The number of anilines is 1. The molecule has 1 aliphatic rings. The van der Waals surface area contributed by atoms with Crippen molar-refractivity contribution < 1.29 is 4.79 Å². The highest BCUT2D eigenvalue weighted by Crippen LogP contribution is 2.33. The Balaban J connectivity index is 1.43. The summed E-state index contributed by atoms with van der Waals surface area (Å²) >= 11 is 1.47. The van der Waals surface area contributed by atoms with Crippen LogP contribution in [0.5, 0.6) is 0 Å². The van der Waals surface area contributed by atoms with Gasteiger partial charge in [-0.3, -0.25) is 14.2 Å². The molecule has 5 rings (SSSR count). The number of aromatic nitrogens is 2. The number of carbonyl (C=O) groups is 1. The van der Waals surface area contributed by atoms with E-state index in [1.165, 1.54) is 51.8 Å². The molecule has 2 aromatic heterocycles. The van der Waals surface area contributed by atoms with Crippen LogP contribution < -0.4 is 10.9 Å². The van der Waals surface area contributed by atoms with Crippen LogP contribution in [0.2, 0.25) is 0 Å². The van der Waals surface area contributed by atoms with Crippen LogP contribution in [0.15, 0.2) is 59.0 Å². The molecule has 5 nitrogen and oxygen atoms in total. The van der Waals surface area contributed by atoms with Gasteiger partial charge in [-0.05, 0) is 66.5 Å². The second-order valence-corrected chi connectivity index (χ2v) is 9.15. The van der Waals surface area contributed by atoms with Crippen molar-refractivity contribution in [3.05, 3.63) is 81.2 Å². The predicted octanol–water partition coefficient (Wildman–Crippen LogP) is 5.20. The zero-order chi connectivity index (χ0) is 22.1. The second-order valence-electron chi connectivity index (χ2n) is 8.30. The molecule has 4 aromatic rings. The lowest BCUT2D eigenvalue weighted by Gasteiger charge is -2.16. The highest BCUT2D eigenvalue weighted by molar-refractivity contribution is 7.17. The van der Waals surface area contributed by atoms with Crippen LogP contribution in [0.1, 0.15) is 36.5 Å². The van der Waals surface area contributed by atoms with Crippen LogP contribution in [-0.2, 0) is 30.6 Å². The van der Waals surface area contributed by atoms with E-state index in [1.54, 1.807) is 0 Å². The largest absolute Gasteiger partial charge is 0.325 e. The Bertz CT molecular complexity index is 1350. The van der Waals surface area contributed by atoms with E-state index in [9.17, 15) is 9.59 Å². The first kappa shape index (κ1) is 20.6. The molecule has 0 aliphatic heterocycles. The molecule has 0 radical (unpaired) electrons. The molecule has 162 valence electrons. The molecule has 1 N–H and O–H groups in total. The third kappa shape index (κ3) is 3.98. The lowest BCUT2D eigenvalue weighted by Crippen LogP contribution is -2.27. The van der Waals surface area contributed by atoms with E-state index < -0.39 is 0 Å². The minimum Gasteiger partial charge on any atom is -0.325 e. The molecule has 2 aromatic carbocycles. The topological polar surface area (TPSA) is 64.0 Å². The molecular formula is C26H25N3O2S. The summed E-state index contributed by atoms with van der Waals surface area (Å²) in [5, 5.41) is 5.46. The Morgan fingerprint density at radius 1 is 1.09 bits per heavy atom. The molecule has 0 fully saturated rings. The van der Waals surface area contributed by atoms with Gasteiger partial charge >= 0.3 is 0 Å². The Morgan fingerprint density at radius 3 is 2.66 bits per heavy atom. The van der Waals surface area contributed by atoms with Gasteiger partial charge in [-0.25, -0.2) is 4.98 Å². The van der Waals surface area contributed by atoms with Gasteiger partial charge in [0, 0.05) is 16.6 Å². The van der Waals surface area contributed by atoms with Crippen LogP contribution in [-0.4, -0.2) is 15.5 Å². The van der Waals surface area contributed by atoms with E-state index in [-0.39, 0.29) is 18.0 Å². The van der Waals surface area contributed by atoms with Gasteiger partial charge < -0.3 is 5.32 Å². The molecule has 0 saturated carbocycles. The molecule has 2 heterocycles. The van der Waals surface area contributed by atoms with Gasteiger partial charge in [-0.2, -0.15) is 0 Å². The fraction of sp³-hybridized carbons (Fsp3) is 0.269. The summed E-state index contributed by atoms with van der Waals surface area (Å²) in [7, 11) is 0. The summed E-state index contributed by atoms with van der Waals surface area (Å²) in [6, 6.07) is 14.3. The van der Waals surface area contributed by atoms with Gasteiger partial charge in [-0.15, -0.1) is 11.3 Å². The van der Waals surface area contributed by atoms with E-state index in [2.05, 4.69) is 35.4 Å². The molecule has 0 atom stereocenters. The molecule has 0 spiro atoms. The van der Waals surface area contributed by atoms with Gasteiger partial charge in [-0.1, -0.05) is 37.3 Å². The van der Waals surface area contributed by atoms with Crippen molar-refractivity contribution in [3.63, 3.8) is 0 Å². The number of amides is 1. The molecule has 6 heteroatoms. The number of benzene rings is 2. The van der Waals surface area contributed by atoms with E-state index in [0.717, 1.165) is 36.1 Å². The number of fused-ring (bicyclic) bond motifs is 2. The highest BCUT2D eigenvalue weighted by Gasteiger charge is 2.17. The summed E-state index contributed by atoms with van der Waals surface area (Å²) in [4.78, 5) is 31.0. The summed E-state index contributed by atoms with van der Waals surface area (Å²) in [5.41, 5.74) is 6.50. The highest BCUT2D eigenvalue weighted by atomic mass is 32.1. The summed E-state index contributed by atoms with van der Waals surface area (Å²) < 4.78 is 1.40. The van der Waals surface area contributed by atoms with Gasteiger partial charge in [0.25, 0.3) is 5.56 Å². The molecular weight excluding hydrogens is 418 g/mol. The first-order chi connectivity index (χ1) is 15.6. The Morgan fingerprint density at radius 2 is 1.88 bits per heavy atom. The van der Waals surface area contributed by atoms with Crippen molar-refractivity contribution in [2.75, 3.05) is 5.32 Å². The van der Waals surface area contributed by atoms with Crippen molar-refractivity contribution in [2.45, 2.75) is 45.6 Å². The number of nitrogens with one attached hydrogen (secondary N) is 1. The number of thiophene rings is 1. The van der Waals surface area contributed by atoms with E-state index in [4.69, 9.17) is 0 Å². The van der Waals surface area contributed by atoms with Crippen molar-refractivity contribution in [3.8, 4) is 11.1 Å². The van der Waals surface area contributed by atoms with Crippen molar-refractivity contribution >= 4 is 33.1 Å². The van der Waals surface area contributed by atoms with Crippen LogP contribution in [0.4, 0.5) is 5.69 Å². The fourth-order valence-corrected chi connectivity index (χ4v) is 5.28. The number of rotatable bonds is 5. The molecule has 0 saturated heterocycles. The maximum absolute atomic E-state index is 13.3. The zero-order valence-electron chi connectivity index (χ0n) is 18.1. The Hall–Kier alpha value is -3.25. The van der Waals surface area contributed by atoms with Gasteiger partial charge in [0.1, 0.15) is 11.4 Å². The Kier molecular flexibility index (Phi) is 5.62.